The van der Waals surface area contributed by atoms with E-state index >= 15 is 0 Å². The molecule has 1 aromatic rings. The molecule has 72 valence electrons. The average Bonchev–Trinajstić information content (AvgIpc) is 2.04. The second-order valence-electron chi connectivity index (χ2n) is 3.67. The predicted octanol–water partition coefficient (Wildman–Crippen LogP) is 3.47. The van der Waals surface area contributed by atoms with Gasteiger partial charge in [0, 0.05) is 0 Å². The summed E-state index contributed by atoms with van der Waals surface area (Å²) in [5, 5.41) is 1.12. The van der Waals surface area contributed by atoms with Crippen LogP contribution in [0, 0.1) is 5.92 Å². The van der Waals surface area contributed by atoms with Gasteiger partial charge in [0.15, 0.2) is 0 Å². The van der Waals surface area contributed by atoms with Crippen molar-refractivity contribution >= 4 is 34.0 Å². The summed E-state index contributed by atoms with van der Waals surface area (Å²) in [7, 11) is 0. The van der Waals surface area contributed by atoms with E-state index in [4.69, 9.17) is 22.2 Å². The van der Waals surface area contributed by atoms with E-state index in [2.05, 4.69) is 13.8 Å². The van der Waals surface area contributed by atoms with Crippen molar-refractivity contribution < 1.29 is 0 Å². The van der Waals surface area contributed by atoms with Crippen LogP contribution in [0.3, 0.4) is 0 Å². The molecule has 0 heterocycles. The molecule has 1 aromatic carbocycles. The minimum Gasteiger partial charge on any atom is -0.140 e. The van der Waals surface area contributed by atoms with E-state index in [0.717, 1.165) is 11.2 Å². The van der Waals surface area contributed by atoms with Crippen molar-refractivity contribution in [1.29, 1.82) is 0 Å². The molecule has 13 heavy (non-hydrogen) atoms. The second kappa shape index (κ2) is 4.49. The summed E-state index contributed by atoms with van der Waals surface area (Å²) < 4.78 is 0. The van der Waals surface area contributed by atoms with Crippen LogP contribution in [-0.4, -0.2) is 6.69 Å². The van der Waals surface area contributed by atoms with Gasteiger partial charge in [0.25, 0.3) is 6.69 Å². The van der Waals surface area contributed by atoms with Crippen molar-refractivity contribution in [2.75, 3.05) is 0 Å². The van der Waals surface area contributed by atoms with Crippen LogP contribution in [0.4, 0.5) is 0 Å². The third kappa shape index (κ3) is 3.33. The second-order valence-corrected chi connectivity index (χ2v) is 10.5. The summed E-state index contributed by atoms with van der Waals surface area (Å²) in [6.45, 7) is 2.10. The highest BCUT2D eigenvalue weighted by Crippen LogP contribution is 2.24. The van der Waals surface area contributed by atoms with Crippen molar-refractivity contribution in [2.45, 2.75) is 19.9 Å². The molecule has 0 aliphatic heterocycles. The highest BCUT2D eigenvalue weighted by molar-refractivity contribution is 7.51. The molecule has 0 atom stereocenters. The van der Waals surface area contributed by atoms with Gasteiger partial charge in [0.1, 0.15) is 0 Å². The number of halogens is 2. The summed E-state index contributed by atoms with van der Waals surface area (Å²) >= 11 is 12.7. The van der Waals surface area contributed by atoms with Gasteiger partial charge in [-0.2, -0.15) is 0 Å². The van der Waals surface area contributed by atoms with Gasteiger partial charge < -0.3 is 0 Å². The van der Waals surface area contributed by atoms with E-state index in [0.29, 0.717) is 5.92 Å². The van der Waals surface area contributed by atoms with Crippen LogP contribution < -0.4 is 5.19 Å². The van der Waals surface area contributed by atoms with Gasteiger partial charge in [-0.3, -0.25) is 0 Å². The maximum atomic E-state index is 6.36. The van der Waals surface area contributed by atoms with Gasteiger partial charge in [0.05, 0.1) is 0 Å². The molecule has 0 spiro atoms. The van der Waals surface area contributed by atoms with Crippen molar-refractivity contribution in [3.05, 3.63) is 30.3 Å². The summed E-state index contributed by atoms with van der Waals surface area (Å²) in [6.07, 6.45) is 0. The molecule has 0 N–H and O–H groups in total. The summed E-state index contributed by atoms with van der Waals surface area (Å²) in [5.74, 6) is 0.557. The lowest BCUT2D eigenvalue weighted by Crippen LogP contribution is -2.37. The molecule has 1 rings (SSSR count). The lowest BCUT2D eigenvalue weighted by Gasteiger charge is -2.18. The molecule has 0 radical (unpaired) electrons. The van der Waals surface area contributed by atoms with Crippen LogP contribution in [0.15, 0.2) is 30.3 Å². The van der Waals surface area contributed by atoms with E-state index < -0.39 is 6.69 Å². The van der Waals surface area contributed by atoms with Crippen LogP contribution in [-0.2, 0) is 0 Å². The molecule has 0 saturated carbocycles. The quantitative estimate of drug-likeness (QED) is 0.554. The predicted molar refractivity (Wildman–Crippen MR) is 63.2 cm³/mol. The maximum absolute atomic E-state index is 6.36. The first-order valence-corrected chi connectivity index (χ1v) is 8.69. The first-order valence-electron chi connectivity index (χ1n) is 4.46. The molecule has 0 fully saturated rings. The number of hydrogen-bond donors (Lipinski definition) is 0. The zero-order chi connectivity index (χ0) is 9.90. The SMILES string of the molecule is CC(C)C[Si](Cl)(Cl)c1ccccc1. The van der Waals surface area contributed by atoms with Crippen molar-refractivity contribution in [3.63, 3.8) is 0 Å². The van der Waals surface area contributed by atoms with E-state index in [1.807, 2.05) is 30.3 Å². The number of hydrogen-bond acceptors (Lipinski definition) is 0. The Bertz CT molecular complexity index is 257. The fourth-order valence-corrected chi connectivity index (χ4v) is 5.86. The van der Waals surface area contributed by atoms with E-state index in [9.17, 15) is 0 Å². The molecule has 0 nitrogen and oxygen atoms in total. The van der Waals surface area contributed by atoms with Crippen molar-refractivity contribution in [2.24, 2.45) is 5.92 Å². The van der Waals surface area contributed by atoms with Crippen molar-refractivity contribution in [3.8, 4) is 0 Å². The van der Waals surface area contributed by atoms with Crippen LogP contribution in [0.1, 0.15) is 13.8 Å². The number of rotatable bonds is 3. The van der Waals surface area contributed by atoms with Gasteiger partial charge in [0.2, 0.25) is 0 Å². The van der Waals surface area contributed by atoms with E-state index in [-0.39, 0.29) is 0 Å². The molecule has 0 aliphatic carbocycles. The molecule has 0 aliphatic rings. The molecule has 0 saturated heterocycles. The highest BCUT2D eigenvalue weighted by atomic mass is 35.7. The van der Waals surface area contributed by atoms with Gasteiger partial charge in [-0.05, 0) is 17.1 Å². The maximum Gasteiger partial charge on any atom is 0.281 e. The lowest BCUT2D eigenvalue weighted by atomic mass is 10.3. The average molecular weight is 233 g/mol. The Hall–Kier alpha value is 0.0169. The Balaban J connectivity index is 2.81. The first kappa shape index (κ1) is 11.1. The Kier molecular flexibility index (Phi) is 3.83. The van der Waals surface area contributed by atoms with E-state index in [1.54, 1.807) is 0 Å². The zero-order valence-electron chi connectivity index (χ0n) is 7.93. The van der Waals surface area contributed by atoms with Crippen LogP contribution in [0.2, 0.25) is 6.04 Å². The monoisotopic (exact) mass is 232 g/mol. The Labute approximate surface area is 90.3 Å². The number of benzene rings is 1. The van der Waals surface area contributed by atoms with Crippen LogP contribution in [0.5, 0.6) is 0 Å². The summed E-state index contributed by atoms with van der Waals surface area (Å²) in [6, 6.07) is 10.9. The molecule has 0 bridgehead atoms. The molecule has 0 amide bonds. The lowest BCUT2D eigenvalue weighted by molar-refractivity contribution is 0.729. The molecular formula is C10H14Cl2Si. The largest absolute Gasteiger partial charge is 0.281 e. The minimum absolute atomic E-state index is 0.557. The molecule has 0 unspecified atom stereocenters. The molecule has 3 heteroatoms. The topological polar surface area (TPSA) is 0 Å². The summed E-state index contributed by atoms with van der Waals surface area (Å²) in [5.41, 5.74) is 0. The van der Waals surface area contributed by atoms with Gasteiger partial charge in [-0.15, -0.1) is 22.2 Å². The standard InChI is InChI=1S/C10H14Cl2Si/c1-9(2)8-13(11,12)10-6-4-3-5-7-10/h3-7,9H,8H2,1-2H3. The molecule has 0 aromatic heterocycles. The van der Waals surface area contributed by atoms with Gasteiger partial charge >= 0.3 is 0 Å². The van der Waals surface area contributed by atoms with E-state index in [1.165, 1.54) is 0 Å². The highest BCUT2D eigenvalue weighted by Gasteiger charge is 2.31. The zero-order valence-corrected chi connectivity index (χ0v) is 10.4. The Morgan fingerprint density at radius 1 is 1.15 bits per heavy atom. The van der Waals surface area contributed by atoms with Crippen molar-refractivity contribution in [1.82, 2.24) is 0 Å². The molecular weight excluding hydrogens is 219 g/mol. The minimum atomic E-state index is -2.20. The smallest absolute Gasteiger partial charge is 0.140 e. The van der Waals surface area contributed by atoms with Crippen LogP contribution in [0.25, 0.3) is 0 Å². The normalized spacial score (nSPS) is 12.1. The fourth-order valence-electron chi connectivity index (χ4n) is 1.31. The Morgan fingerprint density at radius 2 is 1.69 bits per heavy atom. The van der Waals surface area contributed by atoms with Crippen LogP contribution >= 0.6 is 22.2 Å². The Morgan fingerprint density at radius 3 is 2.15 bits per heavy atom. The third-order valence-corrected chi connectivity index (χ3v) is 6.60. The first-order chi connectivity index (χ1) is 6.02. The summed E-state index contributed by atoms with van der Waals surface area (Å²) in [4.78, 5) is 0. The fraction of sp³-hybridized carbons (Fsp3) is 0.400. The van der Waals surface area contributed by atoms with Gasteiger partial charge in [-0.1, -0.05) is 44.2 Å². The third-order valence-electron chi connectivity index (χ3n) is 1.86. The van der Waals surface area contributed by atoms with Gasteiger partial charge in [-0.25, -0.2) is 0 Å².